The van der Waals surface area contributed by atoms with Crippen molar-refractivity contribution in [1.29, 1.82) is 0 Å². The van der Waals surface area contributed by atoms with Gasteiger partial charge in [-0.3, -0.25) is 9.59 Å². The third-order valence-electron chi connectivity index (χ3n) is 6.42. The molecule has 1 fully saturated rings. The first-order chi connectivity index (χ1) is 15.3. The Kier molecular flexibility index (Phi) is 6.09. The third-order valence-corrected chi connectivity index (χ3v) is 6.42. The van der Waals surface area contributed by atoms with Gasteiger partial charge in [0.25, 0.3) is 11.8 Å². The van der Waals surface area contributed by atoms with Crippen molar-refractivity contribution in [2.75, 3.05) is 18.0 Å². The Morgan fingerprint density at radius 2 is 1.56 bits per heavy atom. The zero-order chi connectivity index (χ0) is 23.0. The van der Waals surface area contributed by atoms with Gasteiger partial charge in [-0.05, 0) is 87.4 Å². The smallest absolute Gasteiger partial charge is 0.282 e. The lowest BCUT2D eigenvalue weighted by Gasteiger charge is -2.32. The lowest BCUT2D eigenvalue weighted by Crippen LogP contribution is -2.38. The van der Waals surface area contributed by atoms with Gasteiger partial charge < -0.3 is 9.64 Å². The van der Waals surface area contributed by atoms with Crippen LogP contribution in [0.4, 0.5) is 5.69 Å². The van der Waals surface area contributed by atoms with E-state index >= 15 is 0 Å². The van der Waals surface area contributed by atoms with E-state index < -0.39 is 0 Å². The number of amides is 2. The standard InChI is InChI=1S/C27H32N2O3/c1-17(2)32-23-10-8-22(9-11-23)29-26(30)24(21-7-6-19(4)20(5)16-21)25(27(29)31)28-14-12-18(3)13-15-28/h6-11,16-18H,12-15H2,1-5H3. The predicted molar refractivity (Wildman–Crippen MR) is 128 cm³/mol. The summed E-state index contributed by atoms with van der Waals surface area (Å²) >= 11 is 0. The lowest BCUT2D eigenvalue weighted by molar-refractivity contribution is -0.120. The highest BCUT2D eigenvalue weighted by Crippen LogP contribution is 2.37. The molecule has 4 rings (SSSR count). The monoisotopic (exact) mass is 432 g/mol. The Morgan fingerprint density at radius 1 is 0.906 bits per heavy atom. The van der Waals surface area contributed by atoms with Gasteiger partial charge in [0, 0.05) is 13.1 Å². The fourth-order valence-corrected chi connectivity index (χ4v) is 4.38. The molecule has 5 heteroatoms. The van der Waals surface area contributed by atoms with E-state index in [1.165, 1.54) is 4.90 Å². The highest BCUT2D eigenvalue weighted by Gasteiger charge is 2.43. The molecule has 5 nitrogen and oxygen atoms in total. The number of imide groups is 1. The number of hydrogen-bond acceptors (Lipinski definition) is 4. The molecule has 2 aliphatic rings. The summed E-state index contributed by atoms with van der Waals surface area (Å²) in [6.45, 7) is 11.8. The van der Waals surface area contributed by atoms with E-state index in [1.807, 2.05) is 51.1 Å². The minimum atomic E-state index is -0.260. The summed E-state index contributed by atoms with van der Waals surface area (Å²) in [4.78, 5) is 30.8. The van der Waals surface area contributed by atoms with Crippen LogP contribution >= 0.6 is 0 Å². The molecule has 2 amide bonds. The van der Waals surface area contributed by atoms with Gasteiger partial charge in [0.05, 0.1) is 17.4 Å². The molecule has 2 heterocycles. The first kappa shape index (κ1) is 22.1. The van der Waals surface area contributed by atoms with E-state index in [0.29, 0.717) is 22.9 Å². The maximum atomic E-state index is 13.7. The molecule has 32 heavy (non-hydrogen) atoms. The molecule has 2 aromatic rings. The summed E-state index contributed by atoms with van der Waals surface area (Å²) < 4.78 is 5.72. The summed E-state index contributed by atoms with van der Waals surface area (Å²) in [6.07, 6.45) is 2.10. The first-order valence-corrected chi connectivity index (χ1v) is 11.5. The largest absolute Gasteiger partial charge is 0.491 e. The van der Waals surface area contributed by atoms with Gasteiger partial charge >= 0.3 is 0 Å². The van der Waals surface area contributed by atoms with Crippen LogP contribution in [0.5, 0.6) is 5.75 Å². The average Bonchev–Trinajstić information content (AvgIpc) is 3.01. The van der Waals surface area contributed by atoms with Crippen molar-refractivity contribution in [3.8, 4) is 5.75 Å². The molecule has 0 bridgehead atoms. The molecular formula is C27H32N2O3. The number of ether oxygens (including phenoxy) is 1. The van der Waals surface area contributed by atoms with Crippen LogP contribution in [-0.2, 0) is 9.59 Å². The number of hydrogen-bond donors (Lipinski definition) is 0. The molecule has 0 saturated carbocycles. The molecule has 0 aromatic heterocycles. The number of aryl methyl sites for hydroxylation is 2. The molecule has 1 saturated heterocycles. The SMILES string of the molecule is Cc1ccc(C2=C(N3CCC(C)CC3)C(=O)N(c3ccc(OC(C)C)cc3)C2=O)cc1C. The molecule has 168 valence electrons. The van der Waals surface area contributed by atoms with Crippen molar-refractivity contribution >= 4 is 23.1 Å². The van der Waals surface area contributed by atoms with E-state index in [4.69, 9.17) is 4.74 Å². The van der Waals surface area contributed by atoms with Gasteiger partial charge in [0.1, 0.15) is 11.4 Å². The number of nitrogens with zero attached hydrogens (tertiary/aromatic N) is 2. The minimum absolute atomic E-state index is 0.0574. The summed E-state index contributed by atoms with van der Waals surface area (Å²) in [5.41, 5.74) is 4.69. The number of benzene rings is 2. The number of piperidine rings is 1. The summed E-state index contributed by atoms with van der Waals surface area (Å²) in [6, 6.07) is 13.2. The van der Waals surface area contributed by atoms with Crippen LogP contribution in [-0.4, -0.2) is 35.9 Å². The highest BCUT2D eigenvalue weighted by molar-refractivity contribution is 6.45. The predicted octanol–water partition coefficient (Wildman–Crippen LogP) is 5.11. The molecule has 0 unspecified atom stereocenters. The van der Waals surface area contributed by atoms with E-state index in [1.54, 1.807) is 12.1 Å². The summed E-state index contributed by atoms with van der Waals surface area (Å²) in [5.74, 6) is 0.851. The van der Waals surface area contributed by atoms with Gasteiger partial charge in [-0.25, -0.2) is 4.90 Å². The van der Waals surface area contributed by atoms with Crippen LogP contribution in [0.25, 0.3) is 5.57 Å². The number of rotatable bonds is 5. The molecule has 0 atom stereocenters. The van der Waals surface area contributed by atoms with Crippen LogP contribution in [0.15, 0.2) is 48.2 Å². The van der Waals surface area contributed by atoms with E-state index in [-0.39, 0.29) is 17.9 Å². The maximum absolute atomic E-state index is 13.7. The van der Waals surface area contributed by atoms with Crippen LogP contribution < -0.4 is 9.64 Å². The van der Waals surface area contributed by atoms with Gasteiger partial charge in [-0.1, -0.05) is 25.1 Å². The topological polar surface area (TPSA) is 49.9 Å². The fraction of sp³-hybridized carbons (Fsp3) is 0.407. The highest BCUT2D eigenvalue weighted by atomic mass is 16.5. The second kappa shape index (κ2) is 8.81. The molecule has 0 spiro atoms. The average molecular weight is 433 g/mol. The zero-order valence-electron chi connectivity index (χ0n) is 19.6. The van der Waals surface area contributed by atoms with E-state index in [9.17, 15) is 9.59 Å². The second-order valence-electron chi connectivity index (χ2n) is 9.30. The van der Waals surface area contributed by atoms with Gasteiger partial charge in [0.2, 0.25) is 0 Å². The number of carbonyl (C=O) groups excluding carboxylic acids is 2. The first-order valence-electron chi connectivity index (χ1n) is 11.5. The second-order valence-corrected chi connectivity index (χ2v) is 9.30. The number of carbonyl (C=O) groups is 2. The Balaban J connectivity index is 1.75. The van der Waals surface area contributed by atoms with Gasteiger partial charge in [0.15, 0.2) is 0 Å². The molecule has 0 N–H and O–H groups in total. The van der Waals surface area contributed by atoms with Crippen molar-refractivity contribution in [2.45, 2.75) is 53.6 Å². The van der Waals surface area contributed by atoms with Crippen molar-refractivity contribution in [3.63, 3.8) is 0 Å². The van der Waals surface area contributed by atoms with Crippen LogP contribution in [0, 0.1) is 19.8 Å². The quantitative estimate of drug-likeness (QED) is 0.617. The Labute approximate surface area is 190 Å². The number of anilines is 1. The molecule has 0 aliphatic carbocycles. The Hall–Kier alpha value is -3.08. The zero-order valence-corrected chi connectivity index (χ0v) is 19.6. The van der Waals surface area contributed by atoms with Crippen molar-refractivity contribution in [2.24, 2.45) is 5.92 Å². The van der Waals surface area contributed by atoms with E-state index in [2.05, 4.69) is 18.7 Å². The van der Waals surface area contributed by atoms with Crippen LogP contribution in [0.2, 0.25) is 0 Å². The third kappa shape index (κ3) is 4.16. The van der Waals surface area contributed by atoms with Crippen LogP contribution in [0.3, 0.4) is 0 Å². The summed E-state index contributed by atoms with van der Waals surface area (Å²) in [7, 11) is 0. The van der Waals surface area contributed by atoms with Crippen molar-refractivity contribution in [1.82, 2.24) is 4.90 Å². The molecule has 2 aliphatic heterocycles. The lowest BCUT2D eigenvalue weighted by atomic mass is 9.96. The van der Waals surface area contributed by atoms with E-state index in [0.717, 1.165) is 48.4 Å². The van der Waals surface area contributed by atoms with Crippen molar-refractivity contribution in [3.05, 3.63) is 64.9 Å². The maximum Gasteiger partial charge on any atom is 0.282 e. The summed E-state index contributed by atoms with van der Waals surface area (Å²) in [5, 5.41) is 0. The fourth-order valence-electron chi connectivity index (χ4n) is 4.38. The Morgan fingerprint density at radius 3 is 2.16 bits per heavy atom. The normalized spacial score (nSPS) is 17.7. The minimum Gasteiger partial charge on any atom is -0.491 e. The van der Waals surface area contributed by atoms with Crippen LogP contribution in [0.1, 0.15) is 50.3 Å². The van der Waals surface area contributed by atoms with Crippen molar-refractivity contribution < 1.29 is 14.3 Å². The number of likely N-dealkylation sites (tertiary alicyclic amines) is 1. The van der Waals surface area contributed by atoms with Gasteiger partial charge in [-0.15, -0.1) is 0 Å². The molecular weight excluding hydrogens is 400 g/mol. The van der Waals surface area contributed by atoms with Gasteiger partial charge in [-0.2, -0.15) is 0 Å². The Bertz CT molecular complexity index is 1060. The molecule has 0 radical (unpaired) electrons. The molecule has 2 aromatic carbocycles.